The number of aromatic nitrogens is 1. The van der Waals surface area contributed by atoms with Gasteiger partial charge in [-0.1, -0.05) is 6.42 Å². The lowest BCUT2D eigenvalue weighted by Gasteiger charge is -2.35. The van der Waals surface area contributed by atoms with E-state index in [9.17, 15) is 18.8 Å². The third kappa shape index (κ3) is 4.25. The van der Waals surface area contributed by atoms with Gasteiger partial charge < -0.3 is 15.3 Å². The van der Waals surface area contributed by atoms with Crippen molar-refractivity contribution in [1.82, 2.24) is 14.8 Å². The minimum atomic E-state index is -0.495. The summed E-state index contributed by atoms with van der Waals surface area (Å²) in [5, 5.41) is 11.7. The van der Waals surface area contributed by atoms with Crippen LogP contribution in [-0.2, 0) is 17.8 Å². The Labute approximate surface area is 179 Å². The van der Waals surface area contributed by atoms with Gasteiger partial charge >= 0.3 is 0 Å². The normalized spacial score (nSPS) is 15.9. The molecular weight excluding hydrogens is 401 g/mol. The Balaban J connectivity index is 1.74. The number of amides is 2. The number of carbonyl (C=O) groups excluding carboxylic acids is 2. The first-order chi connectivity index (χ1) is 15.0. The molecule has 0 spiro atoms. The largest absolute Gasteiger partial charge is 0.396 e. The van der Waals surface area contributed by atoms with E-state index in [1.807, 2.05) is 0 Å². The molecule has 0 atom stereocenters. The average Bonchev–Trinajstić information content (AvgIpc) is 2.72. The number of nitrogens with one attached hydrogen (secondary N) is 1. The van der Waals surface area contributed by atoms with E-state index >= 15 is 0 Å². The van der Waals surface area contributed by atoms with E-state index in [2.05, 4.69) is 5.32 Å². The second-order valence-electron chi connectivity index (χ2n) is 8.13. The van der Waals surface area contributed by atoms with Gasteiger partial charge in [-0.3, -0.25) is 19.0 Å². The molecule has 0 bridgehead atoms. The molecule has 1 aromatic carbocycles. The van der Waals surface area contributed by atoms with Crippen LogP contribution in [0.2, 0.25) is 0 Å². The number of halogens is 1. The molecule has 0 unspecified atom stereocenters. The van der Waals surface area contributed by atoms with Crippen molar-refractivity contribution in [2.75, 3.05) is 19.7 Å². The maximum Gasteiger partial charge on any atom is 0.268 e. The van der Waals surface area contributed by atoms with Crippen LogP contribution in [0.3, 0.4) is 0 Å². The molecule has 8 heteroatoms. The summed E-state index contributed by atoms with van der Waals surface area (Å²) in [6.45, 7) is 0.995. The predicted octanol–water partition coefficient (Wildman–Crippen LogP) is 1.77. The first-order valence-corrected chi connectivity index (χ1v) is 10.7. The minimum Gasteiger partial charge on any atom is -0.396 e. The summed E-state index contributed by atoms with van der Waals surface area (Å²) in [7, 11) is 0. The van der Waals surface area contributed by atoms with Crippen LogP contribution in [0, 0.1) is 11.7 Å². The van der Waals surface area contributed by atoms with Crippen LogP contribution < -0.4 is 10.9 Å². The predicted molar refractivity (Wildman–Crippen MR) is 112 cm³/mol. The summed E-state index contributed by atoms with van der Waals surface area (Å²) in [4.78, 5) is 40.7. The van der Waals surface area contributed by atoms with Gasteiger partial charge in [0.15, 0.2) is 0 Å². The molecule has 2 heterocycles. The first kappa shape index (κ1) is 21.2. The molecule has 4 rings (SSSR count). The number of carbonyl (C=O) groups is 2. The van der Waals surface area contributed by atoms with Gasteiger partial charge in [0.25, 0.3) is 11.5 Å². The second-order valence-corrected chi connectivity index (χ2v) is 8.13. The van der Waals surface area contributed by atoms with Crippen molar-refractivity contribution < 1.29 is 19.1 Å². The van der Waals surface area contributed by atoms with E-state index in [1.54, 1.807) is 11.1 Å². The Hall–Kier alpha value is -3.00. The fourth-order valence-corrected chi connectivity index (χ4v) is 4.15. The van der Waals surface area contributed by atoms with Gasteiger partial charge in [-0.15, -0.1) is 0 Å². The molecule has 2 aromatic rings. The van der Waals surface area contributed by atoms with Gasteiger partial charge in [-0.05, 0) is 61.1 Å². The van der Waals surface area contributed by atoms with Crippen LogP contribution in [0.5, 0.6) is 0 Å². The molecule has 1 saturated carbocycles. The van der Waals surface area contributed by atoms with Gasteiger partial charge in [0.1, 0.15) is 11.4 Å². The van der Waals surface area contributed by atoms with Crippen LogP contribution in [0.1, 0.15) is 47.2 Å². The minimum absolute atomic E-state index is 0.0514. The Bertz CT molecular complexity index is 1040. The molecule has 0 radical (unpaired) electrons. The van der Waals surface area contributed by atoms with E-state index in [-0.39, 0.29) is 30.5 Å². The van der Waals surface area contributed by atoms with Gasteiger partial charge in [0, 0.05) is 44.0 Å². The van der Waals surface area contributed by atoms with Crippen molar-refractivity contribution >= 4 is 11.8 Å². The molecule has 31 heavy (non-hydrogen) atoms. The Morgan fingerprint density at radius 2 is 1.94 bits per heavy atom. The maximum atomic E-state index is 13.4. The Morgan fingerprint density at radius 3 is 2.58 bits per heavy atom. The monoisotopic (exact) mass is 427 g/mol. The molecule has 1 aromatic heterocycles. The summed E-state index contributed by atoms with van der Waals surface area (Å²) in [5.41, 5.74) is 1.42. The number of hydrogen-bond donors (Lipinski definition) is 2. The standard InChI is InChI=1S/C23H26FN3O4/c24-17-5-7-18(8-6-17)27-14-16-13-26(22(30)15-3-1-4-15)11-9-19(16)20(23(27)31)21(29)25-10-2-12-28/h5-8,14-15,28H,1-4,9-13H2,(H,25,29). The molecule has 1 aliphatic carbocycles. The number of rotatable bonds is 6. The third-order valence-corrected chi connectivity index (χ3v) is 6.12. The van der Waals surface area contributed by atoms with Gasteiger partial charge in [-0.2, -0.15) is 0 Å². The Kier molecular flexibility index (Phi) is 6.18. The fourth-order valence-electron chi connectivity index (χ4n) is 4.15. The van der Waals surface area contributed by atoms with Crippen LogP contribution in [0.4, 0.5) is 4.39 Å². The third-order valence-electron chi connectivity index (χ3n) is 6.12. The maximum absolute atomic E-state index is 13.4. The highest BCUT2D eigenvalue weighted by atomic mass is 19.1. The average molecular weight is 427 g/mol. The number of benzene rings is 1. The first-order valence-electron chi connectivity index (χ1n) is 10.7. The van der Waals surface area contributed by atoms with E-state index in [1.165, 1.54) is 28.8 Å². The zero-order chi connectivity index (χ0) is 22.0. The molecule has 2 aliphatic rings. The zero-order valence-corrected chi connectivity index (χ0v) is 17.3. The summed E-state index contributed by atoms with van der Waals surface area (Å²) in [6, 6.07) is 5.48. The summed E-state index contributed by atoms with van der Waals surface area (Å²) >= 11 is 0. The van der Waals surface area contributed by atoms with Crippen LogP contribution in [0.15, 0.2) is 35.3 Å². The number of aliphatic hydroxyl groups is 1. The van der Waals surface area contributed by atoms with Gasteiger partial charge in [0.05, 0.1) is 0 Å². The number of pyridine rings is 1. The van der Waals surface area contributed by atoms with Crippen molar-refractivity contribution in [2.45, 2.75) is 38.6 Å². The lowest BCUT2D eigenvalue weighted by molar-refractivity contribution is -0.139. The Morgan fingerprint density at radius 1 is 1.19 bits per heavy atom. The SMILES string of the molecule is O=C(NCCCO)c1c2c(cn(-c3ccc(F)cc3)c1=O)CN(C(=O)C1CCC1)CC2. The highest BCUT2D eigenvalue weighted by Crippen LogP contribution is 2.31. The van der Waals surface area contributed by atoms with E-state index in [4.69, 9.17) is 5.11 Å². The number of hydrogen-bond acceptors (Lipinski definition) is 4. The summed E-state index contributed by atoms with van der Waals surface area (Å²) in [6.07, 6.45) is 5.37. The lowest BCUT2D eigenvalue weighted by atomic mass is 9.83. The molecular formula is C23H26FN3O4. The fraction of sp³-hybridized carbons (Fsp3) is 0.435. The molecule has 0 saturated heterocycles. The van der Waals surface area contributed by atoms with Crippen molar-refractivity contribution in [2.24, 2.45) is 5.92 Å². The number of nitrogens with zero attached hydrogens (tertiary/aromatic N) is 2. The van der Waals surface area contributed by atoms with E-state index < -0.39 is 17.3 Å². The zero-order valence-electron chi connectivity index (χ0n) is 17.3. The second kappa shape index (κ2) is 9.01. The molecule has 164 valence electrons. The van der Waals surface area contributed by atoms with Crippen molar-refractivity contribution in [3.05, 3.63) is 63.3 Å². The molecule has 2 N–H and O–H groups in total. The number of aliphatic hydroxyl groups excluding tert-OH is 1. The lowest BCUT2D eigenvalue weighted by Crippen LogP contribution is -2.44. The van der Waals surface area contributed by atoms with E-state index in [0.29, 0.717) is 37.2 Å². The van der Waals surface area contributed by atoms with Gasteiger partial charge in [0.2, 0.25) is 5.91 Å². The molecule has 1 aliphatic heterocycles. The highest BCUT2D eigenvalue weighted by molar-refractivity contribution is 5.96. The van der Waals surface area contributed by atoms with Crippen LogP contribution in [-0.4, -0.2) is 46.1 Å². The topological polar surface area (TPSA) is 91.6 Å². The smallest absolute Gasteiger partial charge is 0.268 e. The van der Waals surface area contributed by atoms with E-state index in [0.717, 1.165) is 24.8 Å². The van der Waals surface area contributed by atoms with Crippen molar-refractivity contribution in [3.8, 4) is 5.69 Å². The summed E-state index contributed by atoms with van der Waals surface area (Å²) in [5.74, 6) is -0.713. The summed E-state index contributed by atoms with van der Waals surface area (Å²) < 4.78 is 14.7. The van der Waals surface area contributed by atoms with Crippen LogP contribution in [0.25, 0.3) is 5.69 Å². The van der Waals surface area contributed by atoms with Gasteiger partial charge in [-0.25, -0.2) is 4.39 Å². The quantitative estimate of drug-likeness (QED) is 0.688. The van der Waals surface area contributed by atoms with Crippen LogP contribution >= 0.6 is 0 Å². The highest BCUT2D eigenvalue weighted by Gasteiger charge is 2.33. The van der Waals surface area contributed by atoms with Crippen molar-refractivity contribution in [1.29, 1.82) is 0 Å². The molecule has 2 amide bonds. The van der Waals surface area contributed by atoms with Crippen molar-refractivity contribution in [3.63, 3.8) is 0 Å². The molecule has 7 nitrogen and oxygen atoms in total. The molecule has 1 fully saturated rings. The number of fused-ring (bicyclic) bond motifs is 1.